The standard InChI is InChI=1S/C11H9ClN2O2S.C7H3ClN2O2S.C5H6O2.CH4/c1-2-16-11(15)9-5-8(14-17-9)7-3-4-10(12)13-6-7;8-5-2-1-4(3-9-5)6-10-13-7(11)12-6;1-3-5(6)7-4-2;/h3-6H,2H2,1H3;1-3H;1H,4H2,2H3;1H4. The van der Waals surface area contributed by atoms with Gasteiger partial charge in [-0.05, 0) is 55.7 Å². The number of hydrogen-bond acceptors (Lipinski definition) is 12. The van der Waals surface area contributed by atoms with Crippen molar-refractivity contribution in [2.45, 2.75) is 21.3 Å². The van der Waals surface area contributed by atoms with E-state index in [1.807, 2.05) is 0 Å². The van der Waals surface area contributed by atoms with Gasteiger partial charge in [0.1, 0.15) is 15.2 Å². The molecule has 4 aromatic rings. The summed E-state index contributed by atoms with van der Waals surface area (Å²) in [4.78, 5) is 39.9. The zero-order chi connectivity index (χ0) is 27.2. The van der Waals surface area contributed by atoms with Crippen LogP contribution in [0.5, 0.6) is 0 Å². The molecule has 0 amide bonds. The summed E-state index contributed by atoms with van der Waals surface area (Å²) in [6.45, 7) is 4.18. The summed E-state index contributed by atoms with van der Waals surface area (Å²) >= 11 is 13.2. The predicted octanol–water partition coefficient (Wildman–Crippen LogP) is 5.67. The van der Waals surface area contributed by atoms with Crippen molar-refractivity contribution in [3.63, 3.8) is 0 Å². The second-order valence-corrected chi connectivity index (χ2v) is 8.52. The lowest BCUT2D eigenvalue weighted by molar-refractivity contribution is -0.136. The largest absolute Gasteiger partial charge is 0.462 e. The third-order valence-electron chi connectivity index (χ3n) is 3.76. The topological polar surface area (TPSA) is 134 Å². The minimum Gasteiger partial charge on any atom is -0.462 e. The molecule has 14 heteroatoms. The molecule has 0 saturated heterocycles. The van der Waals surface area contributed by atoms with Crippen LogP contribution in [0, 0.1) is 12.3 Å². The molecule has 0 saturated carbocycles. The lowest BCUT2D eigenvalue weighted by atomic mass is 10.2. The number of carbonyl (C=O) groups excluding carboxylic acids is 2. The van der Waals surface area contributed by atoms with Crippen molar-refractivity contribution in [1.82, 2.24) is 18.7 Å². The quantitative estimate of drug-likeness (QED) is 0.123. The molecule has 4 rings (SSSR count). The van der Waals surface area contributed by atoms with Crippen LogP contribution in [0.15, 0.2) is 51.9 Å². The molecule has 38 heavy (non-hydrogen) atoms. The first-order valence-electron chi connectivity index (χ1n) is 10.2. The fourth-order valence-corrected chi connectivity index (χ4v) is 3.51. The van der Waals surface area contributed by atoms with Crippen LogP contribution in [0.1, 0.15) is 30.9 Å². The Kier molecular flexibility index (Phi) is 14.5. The molecule has 0 bridgehead atoms. The summed E-state index contributed by atoms with van der Waals surface area (Å²) in [6, 6.07) is 8.47. The van der Waals surface area contributed by atoms with Gasteiger partial charge in [0, 0.05) is 23.9 Å². The molecular formula is C24H22Cl2N4O6S2. The Morgan fingerprint density at radius 1 is 0.974 bits per heavy atom. The Bertz CT molecular complexity index is 1400. The number of pyridine rings is 2. The van der Waals surface area contributed by atoms with Crippen LogP contribution in [-0.4, -0.2) is 43.9 Å². The van der Waals surface area contributed by atoms with Gasteiger partial charge in [-0.3, -0.25) is 0 Å². The lowest BCUT2D eigenvalue weighted by Gasteiger charge is -1.96. The van der Waals surface area contributed by atoms with Gasteiger partial charge in [-0.25, -0.2) is 24.4 Å². The van der Waals surface area contributed by atoms with Gasteiger partial charge in [0.2, 0.25) is 5.89 Å². The molecule has 0 radical (unpaired) electrons. The molecule has 4 heterocycles. The molecule has 200 valence electrons. The number of nitrogens with zero attached hydrogens (tertiary/aromatic N) is 4. The van der Waals surface area contributed by atoms with Crippen LogP contribution in [-0.2, 0) is 14.3 Å². The maximum Gasteiger partial charge on any atom is 0.414 e. The van der Waals surface area contributed by atoms with E-state index >= 15 is 0 Å². The average Bonchev–Trinajstić information content (AvgIpc) is 3.56. The van der Waals surface area contributed by atoms with E-state index in [0.29, 0.717) is 39.7 Å². The molecule has 0 spiro atoms. The Morgan fingerprint density at radius 3 is 2.03 bits per heavy atom. The first-order valence-corrected chi connectivity index (χ1v) is 12.6. The molecule has 0 unspecified atom stereocenters. The Morgan fingerprint density at radius 2 is 1.58 bits per heavy atom. The number of aromatic nitrogens is 4. The van der Waals surface area contributed by atoms with Crippen LogP contribution in [0.2, 0.25) is 10.3 Å². The summed E-state index contributed by atoms with van der Waals surface area (Å²) in [5.41, 5.74) is 2.16. The second-order valence-electron chi connectivity index (χ2n) is 6.24. The maximum absolute atomic E-state index is 11.5. The molecular weight excluding hydrogens is 575 g/mol. The van der Waals surface area contributed by atoms with Crippen LogP contribution in [0.3, 0.4) is 0 Å². The van der Waals surface area contributed by atoms with Crippen molar-refractivity contribution in [2.75, 3.05) is 13.2 Å². The van der Waals surface area contributed by atoms with Crippen molar-refractivity contribution in [1.29, 1.82) is 0 Å². The highest BCUT2D eigenvalue weighted by Gasteiger charge is 2.12. The monoisotopic (exact) mass is 596 g/mol. The molecule has 0 aliphatic carbocycles. The van der Waals surface area contributed by atoms with Crippen LogP contribution in [0.25, 0.3) is 22.7 Å². The molecule has 10 nitrogen and oxygen atoms in total. The van der Waals surface area contributed by atoms with Gasteiger partial charge in [0.05, 0.1) is 36.0 Å². The summed E-state index contributed by atoms with van der Waals surface area (Å²) in [5, 5.41) is 0.816. The van der Waals surface area contributed by atoms with Crippen LogP contribution >= 0.6 is 46.3 Å². The average molecular weight is 598 g/mol. The van der Waals surface area contributed by atoms with E-state index in [-0.39, 0.29) is 19.3 Å². The van der Waals surface area contributed by atoms with Crippen LogP contribution < -0.4 is 4.94 Å². The van der Waals surface area contributed by atoms with Crippen molar-refractivity contribution >= 4 is 58.2 Å². The zero-order valence-electron chi connectivity index (χ0n) is 19.3. The third kappa shape index (κ3) is 10.8. The van der Waals surface area contributed by atoms with E-state index in [0.717, 1.165) is 28.6 Å². The maximum atomic E-state index is 11.5. The van der Waals surface area contributed by atoms with Gasteiger partial charge in [0.15, 0.2) is 0 Å². The van der Waals surface area contributed by atoms with Crippen molar-refractivity contribution in [2.24, 2.45) is 0 Å². The van der Waals surface area contributed by atoms with Gasteiger partial charge < -0.3 is 13.9 Å². The van der Waals surface area contributed by atoms with E-state index in [2.05, 4.69) is 29.9 Å². The van der Waals surface area contributed by atoms with E-state index in [1.165, 1.54) is 6.20 Å². The van der Waals surface area contributed by atoms with Gasteiger partial charge in [-0.1, -0.05) is 30.6 Å². The number of halogens is 2. The minimum absolute atomic E-state index is 0. The normalized spacial score (nSPS) is 9.34. The molecule has 0 aliphatic rings. The summed E-state index contributed by atoms with van der Waals surface area (Å²) in [5.74, 6) is 1.14. The fraction of sp³-hybridized carbons (Fsp3) is 0.208. The lowest BCUT2D eigenvalue weighted by Crippen LogP contribution is -2.01. The fourth-order valence-electron chi connectivity index (χ4n) is 2.22. The summed E-state index contributed by atoms with van der Waals surface area (Å²) in [7, 11) is 0. The molecule has 0 atom stereocenters. The predicted molar refractivity (Wildman–Crippen MR) is 147 cm³/mol. The van der Waals surface area contributed by atoms with E-state index in [1.54, 1.807) is 56.3 Å². The second kappa shape index (κ2) is 17.0. The first-order chi connectivity index (χ1) is 17.8. The zero-order valence-corrected chi connectivity index (χ0v) is 22.5. The highest BCUT2D eigenvalue weighted by atomic mass is 35.5. The van der Waals surface area contributed by atoms with E-state index in [9.17, 15) is 14.4 Å². The number of esters is 2. The third-order valence-corrected chi connectivity index (χ3v) is 5.47. The molecule has 0 fully saturated rings. The van der Waals surface area contributed by atoms with Gasteiger partial charge in [-0.15, -0.1) is 10.8 Å². The number of rotatable bonds is 5. The summed E-state index contributed by atoms with van der Waals surface area (Å²) < 4.78 is 22.0. The molecule has 0 aliphatic heterocycles. The van der Waals surface area contributed by atoms with Crippen LogP contribution in [0.4, 0.5) is 0 Å². The van der Waals surface area contributed by atoms with Gasteiger partial charge >= 0.3 is 16.9 Å². The van der Waals surface area contributed by atoms with E-state index < -0.39 is 10.9 Å². The number of ether oxygens (including phenoxy) is 2. The van der Waals surface area contributed by atoms with Crippen molar-refractivity contribution < 1.29 is 23.5 Å². The van der Waals surface area contributed by atoms with Crippen molar-refractivity contribution in [3.05, 3.63) is 67.6 Å². The van der Waals surface area contributed by atoms with E-state index in [4.69, 9.17) is 32.4 Å². The van der Waals surface area contributed by atoms with Gasteiger partial charge in [-0.2, -0.15) is 4.37 Å². The smallest absolute Gasteiger partial charge is 0.414 e. The van der Waals surface area contributed by atoms with Gasteiger partial charge in [0.25, 0.3) is 0 Å². The minimum atomic E-state index is -0.595. The molecule has 0 N–H and O–H groups in total. The SMILES string of the molecule is C.C#CC(=O)OCC.CCOC(=O)c1cc(-c2ccc(Cl)nc2)ns1.O=c1oc(-c2ccc(Cl)nc2)ns1. The highest BCUT2D eigenvalue weighted by molar-refractivity contribution is 7.08. The highest BCUT2D eigenvalue weighted by Crippen LogP contribution is 2.22. The van der Waals surface area contributed by atoms with Crippen molar-refractivity contribution in [3.8, 4) is 35.1 Å². The molecule has 0 aromatic carbocycles. The first kappa shape index (κ1) is 32.4. The molecule has 4 aromatic heterocycles. The number of hydrogen-bond donors (Lipinski definition) is 0. The summed E-state index contributed by atoms with van der Waals surface area (Å²) in [6.07, 6.45) is 7.75. The Labute approximate surface area is 236 Å². The number of terminal acetylenes is 1. The Hall–Kier alpha value is -3.63. The number of carbonyl (C=O) groups is 2. The Balaban J connectivity index is 0.000000306.